The molecule has 0 aliphatic carbocycles. The van der Waals surface area contributed by atoms with Crippen molar-refractivity contribution in [3.05, 3.63) is 63.2 Å². The molecular weight excluding hydrogens is 282 g/mol. The number of rotatable bonds is 3. The summed E-state index contributed by atoms with van der Waals surface area (Å²) in [5.41, 5.74) is 0.650. The Hall–Kier alpha value is -2.40. The number of nitrogens with zero attached hydrogens (tertiary/aromatic N) is 1. The second kappa shape index (κ2) is 5.71. The number of halogens is 1. The lowest BCUT2D eigenvalue weighted by Gasteiger charge is -2.09. The van der Waals surface area contributed by atoms with Gasteiger partial charge < -0.3 is 4.74 Å². The van der Waals surface area contributed by atoms with Crippen molar-refractivity contribution in [2.45, 2.75) is 0 Å². The maximum absolute atomic E-state index is 11.8. The molecule has 0 aliphatic rings. The van der Waals surface area contributed by atoms with Crippen LogP contribution >= 0.6 is 11.6 Å². The van der Waals surface area contributed by atoms with Gasteiger partial charge in [-0.05, 0) is 12.1 Å². The summed E-state index contributed by atoms with van der Waals surface area (Å²) in [5, 5.41) is 11.3. The number of carbonyl (C=O) groups is 1. The third-order valence-electron chi connectivity index (χ3n) is 2.79. The molecule has 0 atom stereocenters. The highest BCUT2D eigenvalue weighted by Crippen LogP contribution is 2.38. The second-order valence-corrected chi connectivity index (χ2v) is 4.34. The van der Waals surface area contributed by atoms with E-state index in [0.29, 0.717) is 5.56 Å². The maximum Gasteiger partial charge on any atom is 0.338 e. The van der Waals surface area contributed by atoms with Gasteiger partial charge in [0.15, 0.2) is 0 Å². The summed E-state index contributed by atoms with van der Waals surface area (Å²) >= 11 is 6.07. The number of hydrogen-bond donors (Lipinski definition) is 0. The van der Waals surface area contributed by atoms with Crippen LogP contribution in [0.15, 0.2) is 42.5 Å². The largest absolute Gasteiger partial charge is 0.465 e. The lowest BCUT2D eigenvalue weighted by atomic mass is 9.98. The fourth-order valence-corrected chi connectivity index (χ4v) is 2.19. The van der Waals surface area contributed by atoms with Gasteiger partial charge in [-0.2, -0.15) is 0 Å². The van der Waals surface area contributed by atoms with Crippen molar-refractivity contribution in [1.29, 1.82) is 0 Å². The number of hydrogen-bond acceptors (Lipinski definition) is 4. The van der Waals surface area contributed by atoms with Crippen LogP contribution in [-0.2, 0) is 4.74 Å². The molecule has 5 nitrogen and oxygen atoms in total. The molecule has 0 spiro atoms. The highest BCUT2D eigenvalue weighted by Gasteiger charge is 2.23. The minimum atomic E-state index is -0.574. The van der Waals surface area contributed by atoms with Crippen LogP contribution in [0.25, 0.3) is 11.1 Å². The summed E-state index contributed by atoms with van der Waals surface area (Å²) in [6.07, 6.45) is 0. The van der Waals surface area contributed by atoms with Crippen molar-refractivity contribution >= 4 is 23.3 Å². The lowest BCUT2D eigenvalue weighted by molar-refractivity contribution is -0.384. The predicted octanol–water partition coefficient (Wildman–Crippen LogP) is 3.70. The summed E-state index contributed by atoms with van der Waals surface area (Å²) in [5.74, 6) is -0.574. The van der Waals surface area contributed by atoms with Crippen molar-refractivity contribution < 1.29 is 14.5 Å². The molecule has 2 aromatic carbocycles. The summed E-state index contributed by atoms with van der Waals surface area (Å²) in [6.45, 7) is 0. The van der Waals surface area contributed by atoms with Crippen LogP contribution < -0.4 is 0 Å². The van der Waals surface area contributed by atoms with E-state index in [1.165, 1.54) is 31.4 Å². The molecule has 0 N–H and O–H groups in total. The number of carbonyl (C=O) groups excluding carboxylic acids is 1. The number of esters is 1. The summed E-state index contributed by atoms with van der Waals surface area (Å²) in [6, 6.07) is 10.8. The molecule has 20 heavy (non-hydrogen) atoms. The van der Waals surface area contributed by atoms with Crippen LogP contribution in [0, 0.1) is 10.1 Å². The molecule has 0 saturated carbocycles. The third-order valence-corrected chi connectivity index (χ3v) is 3.10. The van der Waals surface area contributed by atoms with Crippen molar-refractivity contribution in [1.82, 2.24) is 0 Å². The van der Waals surface area contributed by atoms with E-state index in [1.807, 2.05) is 0 Å². The number of ether oxygens (including phenoxy) is 1. The molecule has 0 unspecified atom stereocenters. The molecule has 102 valence electrons. The van der Waals surface area contributed by atoms with Gasteiger partial charge >= 0.3 is 5.97 Å². The average molecular weight is 292 g/mol. The first-order chi connectivity index (χ1) is 9.56. The summed E-state index contributed by atoms with van der Waals surface area (Å²) < 4.78 is 4.69. The van der Waals surface area contributed by atoms with E-state index in [9.17, 15) is 14.9 Å². The molecule has 0 aliphatic heterocycles. The molecule has 2 rings (SSSR count). The molecule has 0 amide bonds. The quantitative estimate of drug-likeness (QED) is 0.491. The smallest absolute Gasteiger partial charge is 0.338 e. The first kappa shape index (κ1) is 14.0. The van der Waals surface area contributed by atoms with E-state index in [2.05, 4.69) is 4.74 Å². The van der Waals surface area contributed by atoms with Crippen LogP contribution in [0.3, 0.4) is 0 Å². The maximum atomic E-state index is 11.8. The van der Waals surface area contributed by atoms with E-state index < -0.39 is 10.9 Å². The summed E-state index contributed by atoms with van der Waals surface area (Å²) in [7, 11) is 1.25. The Morgan fingerprint density at radius 1 is 1.20 bits per heavy atom. The Morgan fingerprint density at radius 2 is 1.90 bits per heavy atom. The Bertz CT molecular complexity index is 685. The SMILES string of the molecule is COC(=O)c1ccccc1-c1c(Cl)cccc1[N+](=O)[O-]. The van der Waals surface area contributed by atoms with Crippen molar-refractivity contribution in [3.63, 3.8) is 0 Å². The molecule has 0 aromatic heterocycles. The van der Waals surface area contributed by atoms with Gasteiger partial charge in [0, 0.05) is 11.6 Å². The Morgan fingerprint density at radius 3 is 2.55 bits per heavy atom. The summed E-state index contributed by atoms with van der Waals surface area (Å²) in [4.78, 5) is 22.4. The van der Waals surface area contributed by atoms with E-state index in [-0.39, 0.29) is 21.8 Å². The van der Waals surface area contributed by atoms with Crippen LogP contribution in [0.4, 0.5) is 5.69 Å². The first-order valence-electron chi connectivity index (χ1n) is 5.67. The number of nitro groups is 1. The molecular formula is C14H10ClNO4. The van der Waals surface area contributed by atoms with Gasteiger partial charge in [-0.1, -0.05) is 35.9 Å². The first-order valence-corrected chi connectivity index (χ1v) is 6.04. The van der Waals surface area contributed by atoms with Gasteiger partial charge in [-0.25, -0.2) is 4.79 Å². The predicted molar refractivity (Wildman–Crippen MR) is 74.9 cm³/mol. The fraction of sp³-hybridized carbons (Fsp3) is 0.0714. The van der Waals surface area contributed by atoms with E-state index in [0.717, 1.165) is 0 Å². The zero-order valence-corrected chi connectivity index (χ0v) is 11.3. The second-order valence-electron chi connectivity index (χ2n) is 3.93. The Kier molecular flexibility index (Phi) is 4.00. The number of nitro benzene ring substituents is 1. The zero-order valence-electron chi connectivity index (χ0n) is 10.5. The van der Waals surface area contributed by atoms with Crippen molar-refractivity contribution in [2.24, 2.45) is 0 Å². The average Bonchev–Trinajstić information content (AvgIpc) is 2.46. The fourth-order valence-electron chi connectivity index (χ4n) is 1.92. The molecule has 0 bridgehead atoms. The highest BCUT2D eigenvalue weighted by atomic mass is 35.5. The molecule has 0 fully saturated rings. The number of benzene rings is 2. The molecule has 0 heterocycles. The molecule has 2 aromatic rings. The molecule has 6 heteroatoms. The van der Waals surface area contributed by atoms with Crippen molar-refractivity contribution in [3.8, 4) is 11.1 Å². The van der Waals surface area contributed by atoms with Gasteiger partial charge in [0.2, 0.25) is 0 Å². The van der Waals surface area contributed by atoms with Crippen LogP contribution in [0.5, 0.6) is 0 Å². The third kappa shape index (κ3) is 2.48. The van der Waals surface area contributed by atoms with Crippen LogP contribution in [0.2, 0.25) is 5.02 Å². The zero-order chi connectivity index (χ0) is 14.7. The van der Waals surface area contributed by atoms with Gasteiger partial charge in [0.1, 0.15) is 0 Å². The lowest BCUT2D eigenvalue weighted by Crippen LogP contribution is -2.04. The van der Waals surface area contributed by atoms with Gasteiger partial charge in [-0.3, -0.25) is 10.1 Å². The Labute approximate surface area is 119 Å². The van der Waals surface area contributed by atoms with E-state index >= 15 is 0 Å². The topological polar surface area (TPSA) is 69.4 Å². The van der Waals surface area contributed by atoms with E-state index in [1.54, 1.807) is 18.2 Å². The van der Waals surface area contributed by atoms with Gasteiger partial charge in [0.25, 0.3) is 5.69 Å². The molecule has 0 saturated heterocycles. The highest BCUT2D eigenvalue weighted by molar-refractivity contribution is 6.34. The van der Waals surface area contributed by atoms with Gasteiger partial charge in [-0.15, -0.1) is 0 Å². The van der Waals surface area contributed by atoms with Crippen LogP contribution in [-0.4, -0.2) is 18.0 Å². The van der Waals surface area contributed by atoms with E-state index in [4.69, 9.17) is 11.6 Å². The standard InChI is InChI=1S/C14H10ClNO4/c1-20-14(17)10-6-3-2-5-9(10)13-11(15)7-4-8-12(13)16(18)19/h2-8H,1H3. The van der Waals surface area contributed by atoms with Crippen molar-refractivity contribution in [2.75, 3.05) is 7.11 Å². The minimum absolute atomic E-state index is 0.158. The molecule has 0 radical (unpaired) electrons. The minimum Gasteiger partial charge on any atom is -0.465 e. The Balaban J connectivity index is 2.75. The van der Waals surface area contributed by atoms with Gasteiger partial charge in [0.05, 0.1) is 28.2 Å². The normalized spacial score (nSPS) is 10.1. The number of methoxy groups -OCH3 is 1. The van der Waals surface area contributed by atoms with Crippen LogP contribution in [0.1, 0.15) is 10.4 Å². The monoisotopic (exact) mass is 291 g/mol.